The van der Waals surface area contributed by atoms with E-state index in [9.17, 15) is 4.79 Å². The summed E-state index contributed by atoms with van der Waals surface area (Å²) in [5.41, 5.74) is 2.07. The zero-order valence-electron chi connectivity index (χ0n) is 15.3. The summed E-state index contributed by atoms with van der Waals surface area (Å²) in [6.07, 6.45) is 7.33. The third-order valence-corrected chi connectivity index (χ3v) is 5.56. The van der Waals surface area contributed by atoms with Gasteiger partial charge in [-0.25, -0.2) is 4.68 Å². The molecule has 0 aliphatic carbocycles. The highest BCUT2D eigenvalue weighted by Gasteiger charge is 2.21. The van der Waals surface area contributed by atoms with Crippen molar-refractivity contribution in [1.29, 1.82) is 0 Å². The Kier molecular flexibility index (Phi) is 5.59. The number of hydrogen-bond donors (Lipinski definition) is 2. The van der Waals surface area contributed by atoms with E-state index in [1.807, 2.05) is 16.8 Å². The van der Waals surface area contributed by atoms with Gasteiger partial charge in [-0.15, -0.1) is 5.10 Å². The van der Waals surface area contributed by atoms with Crippen molar-refractivity contribution >= 4 is 28.9 Å². The molecule has 0 unspecified atom stereocenters. The molecule has 2 saturated heterocycles. The number of piperidine rings is 2. The van der Waals surface area contributed by atoms with Gasteiger partial charge in [-0.05, 0) is 63.4 Å². The average molecular weight is 389 g/mol. The van der Waals surface area contributed by atoms with Crippen LogP contribution in [-0.4, -0.2) is 47.1 Å². The van der Waals surface area contributed by atoms with Gasteiger partial charge in [-0.3, -0.25) is 4.79 Å². The molecular formula is C19H25ClN6O. The van der Waals surface area contributed by atoms with Crippen LogP contribution in [-0.2, 0) is 0 Å². The van der Waals surface area contributed by atoms with Crippen LogP contribution in [0.5, 0.6) is 0 Å². The Bertz CT molecular complexity index is 795. The molecule has 2 fully saturated rings. The molecule has 0 spiro atoms. The van der Waals surface area contributed by atoms with Crippen LogP contribution >= 0.6 is 11.6 Å². The molecule has 1 aromatic carbocycles. The summed E-state index contributed by atoms with van der Waals surface area (Å²) in [6, 6.07) is 5.96. The highest BCUT2D eigenvalue weighted by molar-refractivity contribution is 6.31. The Morgan fingerprint density at radius 3 is 2.74 bits per heavy atom. The van der Waals surface area contributed by atoms with E-state index < -0.39 is 0 Å². The first-order chi connectivity index (χ1) is 13.2. The minimum Gasteiger partial charge on any atom is -0.370 e. The Morgan fingerprint density at radius 2 is 1.96 bits per heavy atom. The lowest BCUT2D eigenvalue weighted by atomic mass is 10.1. The Labute approximate surface area is 164 Å². The van der Waals surface area contributed by atoms with Gasteiger partial charge < -0.3 is 15.5 Å². The fourth-order valence-electron chi connectivity index (χ4n) is 3.84. The lowest BCUT2D eigenvalue weighted by molar-refractivity contribution is 0.102. The molecule has 0 bridgehead atoms. The zero-order chi connectivity index (χ0) is 18.6. The molecule has 2 aliphatic rings. The zero-order valence-corrected chi connectivity index (χ0v) is 16.1. The summed E-state index contributed by atoms with van der Waals surface area (Å²) in [7, 11) is 0. The van der Waals surface area contributed by atoms with Crippen molar-refractivity contribution in [2.75, 3.05) is 36.4 Å². The number of aromatic nitrogens is 3. The largest absolute Gasteiger partial charge is 0.370 e. The molecule has 7 nitrogen and oxygen atoms in total. The van der Waals surface area contributed by atoms with E-state index in [1.54, 1.807) is 12.3 Å². The van der Waals surface area contributed by atoms with Crippen LogP contribution in [0.4, 0.5) is 11.4 Å². The SMILES string of the molecule is O=C(Nc1cc(Cl)ccc1N1CCCCC1)c1cn(C2CCNCC2)nn1. The highest BCUT2D eigenvalue weighted by Crippen LogP contribution is 2.31. The topological polar surface area (TPSA) is 75.1 Å². The number of anilines is 2. The number of nitrogens with one attached hydrogen (secondary N) is 2. The molecule has 2 aliphatic heterocycles. The molecular weight excluding hydrogens is 364 g/mol. The van der Waals surface area contributed by atoms with Gasteiger partial charge in [0.1, 0.15) is 0 Å². The summed E-state index contributed by atoms with van der Waals surface area (Å²) in [6.45, 7) is 3.92. The summed E-state index contributed by atoms with van der Waals surface area (Å²) < 4.78 is 1.82. The number of benzene rings is 1. The molecule has 0 saturated carbocycles. The minimum atomic E-state index is -0.254. The van der Waals surface area contributed by atoms with Crippen LogP contribution in [0.15, 0.2) is 24.4 Å². The van der Waals surface area contributed by atoms with E-state index in [0.29, 0.717) is 16.8 Å². The molecule has 3 heterocycles. The summed E-state index contributed by atoms with van der Waals surface area (Å²) in [5, 5.41) is 15.2. The third kappa shape index (κ3) is 4.25. The van der Waals surface area contributed by atoms with Gasteiger partial charge in [0.15, 0.2) is 5.69 Å². The maximum absolute atomic E-state index is 12.8. The number of rotatable bonds is 4. The van der Waals surface area contributed by atoms with E-state index in [2.05, 4.69) is 25.8 Å². The number of hydrogen-bond acceptors (Lipinski definition) is 5. The molecule has 8 heteroatoms. The van der Waals surface area contributed by atoms with Crippen molar-refractivity contribution in [2.24, 2.45) is 0 Å². The second-order valence-corrected chi connectivity index (χ2v) is 7.66. The second kappa shape index (κ2) is 8.27. The molecule has 27 heavy (non-hydrogen) atoms. The maximum Gasteiger partial charge on any atom is 0.277 e. The molecule has 2 aromatic rings. The van der Waals surface area contributed by atoms with Gasteiger partial charge in [-0.1, -0.05) is 16.8 Å². The Morgan fingerprint density at radius 1 is 1.19 bits per heavy atom. The van der Waals surface area contributed by atoms with Crippen LogP contribution in [0.2, 0.25) is 5.02 Å². The van der Waals surface area contributed by atoms with Crippen molar-refractivity contribution in [2.45, 2.75) is 38.1 Å². The molecule has 2 N–H and O–H groups in total. The van der Waals surface area contributed by atoms with Crippen LogP contribution in [0.1, 0.15) is 48.6 Å². The first-order valence-electron chi connectivity index (χ1n) is 9.69. The first-order valence-corrected chi connectivity index (χ1v) is 10.1. The van der Waals surface area contributed by atoms with Crippen LogP contribution < -0.4 is 15.5 Å². The minimum absolute atomic E-state index is 0.254. The maximum atomic E-state index is 12.8. The van der Waals surface area contributed by atoms with E-state index in [1.165, 1.54) is 19.3 Å². The van der Waals surface area contributed by atoms with Crippen LogP contribution in [0.25, 0.3) is 0 Å². The molecule has 1 amide bonds. The van der Waals surface area contributed by atoms with Gasteiger partial charge >= 0.3 is 0 Å². The van der Waals surface area contributed by atoms with Gasteiger partial charge in [0.25, 0.3) is 5.91 Å². The monoisotopic (exact) mass is 388 g/mol. The Balaban J connectivity index is 1.51. The number of halogens is 1. The third-order valence-electron chi connectivity index (χ3n) is 5.33. The molecule has 4 rings (SSSR count). The molecule has 144 valence electrons. The predicted octanol–water partition coefficient (Wildman–Crippen LogP) is 3.10. The first kappa shape index (κ1) is 18.3. The summed E-state index contributed by atoms with van der Waals surface area (Å²) in [4.78, 5) is 15.1. The van der Waals surface area contributed by atoms with Crippen LogP contribution in [0.3, 0.4) is 0 Å². The highest BCUT2D eigenvalue weighted by atomic mass is 35.5. The van der Waals surface area contributed by atoms with Gasteiger partial charge in [0, 0.05) is 18.1 Å². The average Bonchev–Trinajstić information content (AvgIpc) is 3.20. The standard InChI is InChI=1S/C19H25ClN6O/c20-14-4-5-18(25-10-2-1-3-11-25)16(12-14)22-19(27)17-13-26(24-23-17)15-6-8-21-9-7-15/h4-5,12-13,15,21H,1-3,6-11H2,(H,22,27). The molecule has 0 atom stereocenters. The van der Waals surface area contributed by atoms with E-state index in [-0.39, 0.29) is 5.91 Å². The Hall–Kier alpha value is -2.12. The van der Waals surface area contributed by atoms with E-state index in [4.69, 9.17) is 11.6 Å². The van der Waals surface area contributed by atoms with E-state index in [0.717, 1.165) is 50.4 Å². The lowest BCUT2D eigenvalue weighted by Crippen LogP contribution is -2.30. The van der Waals surface area contributed by atoms with Gasteiger partial charge in [0.2, 0.25) is 0 Å². The van der Waals surface area contributed by atoms with Gasteiger partial charge in [0.05, 0.1) is 23.6 Å². The summed E-state index contributed by atoms with van der Waals surface area (Å²) >= 11 is 6.18. The van der Waals surface area contributed by atoms with Gasteiger partial charge in [-0.2, -0.15) is 0 Å². The fourth-order valence-corrected chi connectivity index (χ4v) is 4.01. The van der Waals surface area contributed by atoms with Crippen molar-refractivity contribution in [3.63, 3.8) is 0 Å². The molecule has 0 radical (unpaired) electrons. The van der Waals surface area contributed by atoms with Crippen molar-refractivity contribution in [3.05, 3.63) is 35.1 Å². The lowest BCUT2D eigenvalue weighted by Gasteiger charge is -2.30. The normalized spacial score (nSPS) is 18.5. The number of carbonyl (C=O) groups excluding carboxylic acids is 1. The van der Waals surface area contributed by atoms with Crippen molar-refractivity contribution < 1.29 is 4.79 Å². The molecule has 1 aromatic heterocycles. The summed E-state index contributed by atoms with van der Waals surface area (Å²) in [5.74, 6) is -0.254. The van der Waals surface area contributed by atoms with Crippen molar-refractivity contribution in [1.82, 2.24) is 20.3 Å². The predicted molar refractivity (Wildman–Crippen MR) is 107 cm³/mol. The second-order valence-electron chi connectivity index (χ2n) is 7.23. The number of amides is 1. The van der Waals surface area contributed by atoms with E-state index >= 15 is 0 Å². The number of nitrogens with zero attached hydrogens (tertiary/aromatic N) is 4. The van der Waals surface area contributed by atoms with Crippen molar-refractivity contribution in [3.8, 4) is 0 Å². The van der Waals surface area contributed by atoms with Crippen LogP contribution in [0, 0.1) is 0 Å². The number of carbonyl (C=O) groups is 1. The fraction of sp³-hybridized carbons (Fsp3) is 0.526. The smallest absolute Gasteiger partial charge is 0.277 e. The quantitative estimate of drug-likeness (QED) is 0.841.